The minimum atomic E-state index is 0.730. The number of hydrogen-bond donors (Lipinski definition) is 0. The van der Waals surface area contributed by atoms with Gasteiger partial charge in [0.15, 0.2) is 0 Å². The smallest absolute Gasteiger partial charge is 0.0527 e. The standard InChI is InChI=1S/C17H20S2/c1-3-5-6-12(4-2)11-15-13-7-9-18-16(13)17-14(15)8-10-19-17/h7-12H,3-6H2,1-2H3. The molecule has 1 unspecified atom stereocenters. The highest BCUT2D eigenvalue weighted by atomic mass is 32.1. The van der Waals surface area contributed by atoms with Gasteiger partial charge in [0.05, 0.1) is 9.75 Å². The highest BCUT2D eigenvalue weighted by Crippen LogP contribution is 2.50. The highest BCUT2D eigenvalue weighted by Gasteiger charge is 2.26. The molecule has 0 N–H and O–H groups in total. The van der Waals surface area contributed by atoms with Gasteiger partial charge >= 0.3 is 0 Å². The van der Waals surface area contributed by atoms with Crippen LogP contribution >= 0.6 is 22.7 Å². The molecule has 0 saturated carbocycles. The van der Waals surface area contributed by atoms with Crippen molar-refractivity contribution >= 4 is 28.2 Å². The lowest BCUT2D eigenvalue weighted by Crippen LogP contribution is -1.96. The average Bonchev–Trinajstić information content (AvgIpc) is 3.10. The van der Waals surface area contributed by atoms with Crippen LogP contribution in [0.3, 0.4) is 0 Å². The number of hydrogen-bond acceptors (Lipinski definition) is 2. The summed E-state index contributed by atoms with van der Waals surface area (Å²) in [6.07, 6.45) is 7.76. The van der Waals surface area contributed by atoms with Crippen LogP contribution in [0.5, 0.6) is 0 Å². The van der Waals surface area contributed by atoms with Crippen molar-refractivity contribution in [1.82, 2.24) is 0 Å². The summed E-state index contributed by atoms with van der Waals surface area (Å²) >= 11 is 3.77. The van der Waals surface area contributed by atoms with Crippen molar-refractivity contribution in [3.05, 3.63) is 40.1 Å². The van der Waals surface area contributed by atoms with Gasteiger partial charge in [0.2, 0.25) is 0 Å². The Kier molecular flexibility index (Phi) is 3.90. The second-order valence-corrected chi connectivity index (χ2v) is 7.05. The molecule has 2 heteroatoms. The molecule has 0 saturated heterocycles. The summed E-state index contributed by atoms with van der Waals surface area (Å²) in [7, 11) is 0. The molecule has 3 rings (SSSR count). The molecule has 100 valence electrons. The van der Waals surface area contributed by atoms with Crippen molar-refractivity contribution in [1.29, 1.82) is 0 Å². The summed E-state index contributed by atoms with van der Waals surface area (Å²) in [5.74, 6) is 0.730. The Morgan fingerprint density at radius 2 is 1.68 bits per heavy atom. The Bertz CT molecular complexity index is 544. The van der Waals surface area contributed by atoms with Crippen LogP contribution in [0.15, 0.2) is 29.0 Å². The van der Waals surface area contributed by atoms with Gasteiger partial charge in [-0.2, -0.15) is 0 Å². The van der Waals surface area contributed by atoms with Crippen molar-refractivity contribution in [3.8, 4) is 9.75 Å². The van der Waals surface area contributed by atoms with E-state index in [9.17, 15) is 0 Å². The molecule has 2 aromatic heterocycles. The largest absolute Gasteiger partial charge is 0.142 e. The first-order chi connectivity index (χ1) is 9.35. The first-order valence-electron chi connectivity index (χ1n) is 7.23. The summed E-state index contributed by atoms with van der Waals surface area (Å²) in [4.78, 5) is 2.98. The molecule has 0 spiro atoms. The molecule has 0 radical (unpaired) electrons. The summed E-state index contributed by atoms with van der Waals surface area (Å²) < 4.78 is 0. The van der Waals surface area contributed by atoms with E-state index in [0.717, 1.165) is 5.92 Å². The lowest BCUT2D eigenvalue weighted by Gasteiger charge is -2.11. The van der Waals surface area contributed by atoms with E-state index in [2.05, 4.69) is 42.8 Å². The Morgan fingerprint density at radius 3 is 2.21 bits per heavy atom. The van der Waals surface area contributed by atoms with E-state index in [1.165, 1.54) is 52.1 Å². The third kappa shape index (κ3) is 2.32. The summed E-state index contributed by atoms with van der Waals surface area (Å²) in [6.45, 7) is 4.60. The first kappa shape index (κ1) is 13.1. The molecule has 19 heavy (non-hydrogen) atoms. The van der Waals surface area contributed by atoms with Crippen molar-refractivity contribution in [2.45, 2.75) is 39.5 Å². The van der Waals surface area contributed by atoms with Crippen molar-refractivity contribution in [2.75, 3.05) is 0 Å². The van der Waals surface area contributed by atoms with Crippen molar-refractivity contribution in [2.24, 2.45) is 5.92 Å². The van der Waals surface area contributed by atoms with Gasteiger partial charge in [-0.25, -0.2) is 0 Å². The fourth-order valence-corrected chi connectivity index (χ4v) is 4.84. The monoisotopic (exact) mass is 288 g/mol. The molecule has 0 aromatic carbocycles. The molecule has 2 heterocycles. The van der Waals surface area contributed by atoms with E-state index >= 15 is 0 Å². The van der Waals surface area contributed by atoms with E-state index in [4.69, 9.17) is 0 Å². The van der Waals surface area contributed by atoms with Crippen LogP contribution in [-0.2, 0) is 0 Å². The Balaban J connectivity index is 1.97. The molecule has 0 nitrogen and oxygen atoms in total. The molecule has 0 bridgehead atoms. The molecule has 0 fully saturated rings. The van der Waals surface area contributed by atoms with Gasteiger partial charge in [-0.1, -0.05) is 32.8 Å². The van der Waals surface area contributed by atoms with Crippen molar-refractivity contribution < 1.29 is 0 Å². The quantitative estimate of drug-likeness (QED) is 0.507. The molecular formula is C17H20S2. The zero-order chi connectivity index (χ0) is 13.2. The third-order valence-corrected chi connectivity index (χ3v) is 5.97. The third-order valence-electron chi connectivity index (χ3n) is 3.97. The van der Waals surface area contributed by atoms with Crippen LogP contribution in [0.25, 0.3) is 15.3 Å². The van der Waals surface area contributed by atoms with Gasteiger partial charge in [-0.15, -0.1) is 22.7 Å². The van der Waals surface area contributed by atoms with Crippen LogP contribution < -0.4 is 0 Å². The summed E-state index contributed by atoms with van der Waals surface area (Å²) in [6, 6.07) is 4.59. The minimum absolute atomic E-state index is 0.730. The van der Waals surface area contributed by atoms with Gasteiger partial charge in [0, 0.05) is 11.1 Å². The average molecular weight is 288 g/mol. The topological polar surface area (TPSA) is 0 Å². The second-order valence-electron chi connectivity index (χ2n) is 5.22. The number of thiophene rings is 2. The molecule has 0 amide bonds. The second kappa shape index (κ2) is 5.64. The molecule has 1 aliphatic rings. The van der Waals surface area contributed by atoms with Crippen LogP contribution in [-0.4, -0.2) is 0 Å². The fraction of sp³-hybridized carbons (Fsp3) is 0.412. The van der Waals surface area contributed by atoms with Crippen LogP contribution in [0, 0.1) is 5.92 Å². The molecule has 1 atom stereocenters. The number of rotatable bonds is 5. The molecule has 2 aromatic rings. The Labute approximate surface area is 123 Å². The van der Waals surface area contributed by atoms with Crippen LogP contribution in [0.1, 0.15) is 50.7 Å². The van der Waals surface area contributed by atoms with Gasteiger partial charge in [-0.05, 0) is 47.2 Å². The highest BCUT2D eigenvalue weighted by molar-refractivity contribution is 7.21. The zero-order valence-electron chi connectivity index (χ0n) is 11.6. The van der Waals surface area contributed by atoms with Crippen molar-refractivity contribution in [3.63, 3.8) is 0 Å². The van der Waals surface area contributed by atoms with Gasteiger partial charge < -0.3 is 0 Å². The maximum atomic E-state index is 2.54. The van der Waals surface area contributed by atoms with Crippen LogP contribution in [0.2, 0.25) is 0 Å². The van der Waals surface area contributed by atoms with E-state index in [0.29, 0.717) is 0 Å². The predicted molar refractivity (Wildman–Crippen MR) is 88.0 cm³/mol. The first-order valence-corrected chi connectivity index (χ1v) is 8.99. The zero-order valence-corrected chi connectivity index (χ0v) is 13.2. The minimum Gasteiger partial charge on any atom is -0.142 e. The van der Waals surface area contributed by atoms with Gasteiger partial charge in [-0.3, -0.25) is 0 Å². The van der Waals surface area contributed by atoms with Gasteiger partial charge in [0.25, 0.3) is 0 Å². The predicted octanol–water partition coefficient (Wildman–Crippen LogP) is 6.44. The lowest BCUT2D eigenvalue weighted by molar-refractivity contribution is 0.541. The van der Waals surface area contributed by atoms with E-state index in [1.807, 2.05) is 22.7 Å². The maximum absolute atomic E-state index is 2.54. The van der Waals surface area contributed by atoms with E-state index < -0.39 is 0 Å². The van der Waals surface area contributed by atoms with Crippen LogP contribution in [0.4, 0.5) is 0 Å². The molecular weight excluding hydrogens is 268 g/mol. The van der Waals surface area contributed by atoms with E-state index in [1.54, 1.807) is 0 Å². The normalized spacial score (nSPS) is 14.3. The SMILES string of the molecule is CCCCC(C=C1c2ccsc2-c2sccc21)CC. The summed E-state index contributed by atoms with van der Waals surface area (Å²) in [5.41, 5.74) is 4.44. The molecule has 0 aliphatic heterocycles. The lowest BCUT2D eigenvalue weighted by atomic mass is 9.94. The maximum Gasteiger partial charge on any atom is 0.0527 e. The Hall–Kier alpha value is -0.860. The number of unbranched alkanes of at least 4 members (excludes halogenated alkanes) is 1. The fourth-order valence-electron chi connectivity index (χ4n) is 2.83. The summed E-state index contributed by atoms with van der Waals surface area (Å²) in [5, 5.41) is 4.46. The van der Waals surface area contributed by atoms with E-state index in [-0.39, 0.29) is 0 Å². The molecule has 1 aliphatic carbocycles. The number of allylic oxidation sites excluding steroid dienone is 1. The Morgan fingerprint density at radius 1 is 1.05 bits per heavy atom. The van der Waals surface area contributed by atoms with Gasteiger partial charge in [0.1, 0.15) is 0 Å². The number of fused-ring (bicyclic) bond motifs is 3.